The number of carbonyl (C=O) groups excluding carboxylic acids is 1. The summed E-state index contributed by atoms with van der Waals surface area (Å²) in [6.07, 6.45) is 3.54. The van der Waals surface area contributed by atoms with Crippen molar-refractivity contribution < 1.29 is 9.53 Å². The molecule has 1 aromatic carbocycles. The molecule has 100 valence electrons. The highest BCUT2D eigenvalue weighted by molar-refractivity contribution is 5.75. The largest absolute Gasteiger partial charge is 0.465 e. The third kappa shape index (κ3) is 3.42. The average molecular weight is 259 g/mol. The van der Waals surface area contributed by atoms with Gasteiger partial charge in [0.15, 0.2) is 0 Å². The molecule has 5 nitrogen and oxygen atoms in total. The van der Waals surface area contributed by atoms with Gasteiger partial charge >= 0.3 is 5.97 Å². The quantitative estimate of drug-likeness (QED) is 0.825. The molecule has 0 aliphatic rings. The molecule has 1 unspecified atom stereocenters. The third-order valence-corrected chi connectivity index (χ3v) is 2.70. The van der Waals surface area contributed by atoms with E-state index in [1.54, 1.807) is 17.8 Å². The number of nitrogens with two attached hydrogens (primary N) is 1. The summed E-state index contributed by atoms with van der Waals surface area (Å²) in [5.74, 6) is -0.391. The molecule has 2 aromatic rings. The maximum atomic E-state index is 11.4. The van der Waals surface area contributed by atoms with Crippen molar-refractivity contribution in [3.05, 3.63) is 42.9 Å². The first-order valence-corrected chi connectivity index (χ1v) is 6.20. The van der Waals surface area contributed by atoms with Crippen molar-refractivity contribution in [3.8, 4) is 11.3 Å². The van der Waals surface area contributed by atoms with E-state index in [1.807, 2.05) is 36.5 Å². The van der Waals surface area contributed by atoms with Crippen LogP contribution in [0.5, 0.6) is 0 Å². The number of esters is 1. The summed E-state index contributed by atoms with van der Waals surface area (Å²) in [7, 11) is 0. The fraction of sp³-hybridized carbons (Fsp3) is 0.286. The van der Waals surface area contributed by atoms with E-state index in [-0.39, 0.29) is 0 Å². The van der Waals surface area contributed by atoms with Gasteiger partial charge in [-0.2, -0.15) is 0 Å². The predicted octanol–water partition coefficient (Wildman–Crippen LogP) is 1.44. The molecular formula is C14H17N3O2. The SMILES string of the molecule is CCOC(=O)C(N)Cn1cnc(-c2ccccc2)c1. The number of ether oxygens (including phenoxy) is 1. The van der Waals surface area contributed by atoms with Gasteiger partial charge in [0.2, 0.25) is 0 Å². The summed E-state index contributed by atoms with van der Waals surface area (Å²) in [5, 5.41) is 0. The van der Waals surface area contributed by atoms with Crippen LogP contribution in [0.15, 0.2) is 42.9 Å². The van der Waals surface area contributed by atoms with Gasteiger partial charge in [-0.15, -0.1) is 0 Å². The molecule has 0 spiro atoms. The monoisotopic (exact) mass is 259 g/mol. The minimum Gasteiger partial charge on any atom is -0.465 e. The fourth-order valence-electron chi connectivity index (χ4n) is 1.77. The van der Waals surface area contributed by atoms with Gasteiger partial charge < -0.3 is 15.0 Å². The van der Waals surface area contributed by atoms with Crippen LogP contribution in [-0.4, -0.2) is 28.2 Å². The number of carbonyl (C=O) groups is 1. The van der Waals surface area contributed by atoms with Crippen molar-refractivity contribution in [2.24, 2.45) is 5.73 Å². The van der Waals surface area contributed by atoms with E-state index in [2.05, 4.69) is 4.98 Å². The van der Waals surface area contributed by atoms with Crippen molar-refractivity contribution in [1.82, 2.24) is 9.55 Å². The zero-order valence-electron chi connectivity index (χ0n) is 10.8. The van der Waals surface area contributed by atoms with Gasteiger partial charge in [-0.1, -0.05) is 30.3 Å². The number of aromatic nitrogens is 2. The number of rotatable bonds is 5. The first-order chi connectivity index (χ1) is 9.20. The summed E-state index contributed by atoms with van der Waals surface area (Å²) in [5.41, 5.74) is 7.65. The Morgan fingerprint density at radius 2 is 2.16 bits per heavy atom. The van der Waals surface area contributed by atoms with E-state index >= 15 is 0 Å². The highest BCUT2D eigenvalue weighted by Gasteiger charge is 2.15. The van der Waals surface area contributed by atoms with E-state index in [4.69, 9.17) is 10.5 Å². The summed E-state index contributed by atoms with van der Waals surface area (Å²) in [6, 6.07) is 9.17. The fourth-order valence-corrected chi connectivity index (χ4v) is 1.77. The van der Waals surface area contributed by atoms with Crippen LogP contribution in [0, 0.1) is 0 Å². The Morgan fingerprint density at radius 3 is 2.84 bits per heavy atom. The molecule has 2 rings (SSSR count). The highest BCUT2D eigenvalue weighted by Crippen LogP contribution is 2.15. The Hall–Kier alpha value is -2.14. The summed E-state index contributed by atoms with van der Waals surface area (Å²) < 4.78 is 6.67. The molecule has 0 radical (unpaired) electrons. The van der Waals surface area contributed by atoms with Crippen LogP contribution in [-0.2, 0) is 16.1 Å². The summed E-state index contributed by atoms with van der Waals surface area (Å²) in [6.45, 7) is 2.46. The van der Waals surface area contributed by atoms with Gasteiger partial charge in [0, 0.05) is 18.3 Å². The van der Waals surface area contributed by atoms with Gasteiger partial charge in [-0.3, -0.25) is 4.79 Å². The maximum absolute atomic E-state index is 11.4. The maximum Gasteiger partial charge on any atom is 0.324 e. The van der Waals surface area contributed by atoms with Gasteiger partial charge in [0.1, 0.15) is 6.04 Å². The molecule has 0 saturated carbocycles. The van der Waals surface area contributed by atoms with Crippen LogP contribution in [0.2, 0.25) is 0 Å². The lowest BCUT2D eigenvalue weighted by atomic mass is 10.2. The van der Waals surface area contributed by atoms with Crippen LogP contribution in [0.25, 0.3) is 11.3 Å². The molecule has 0 aliphatic heterocycles. The Morgan fingerprint density at radius 1 is 1.42 bits per heavy atom. The van der Waals surface area contributed by atoms with Crippen molar-refractivity contribution >= 4 is 5.97 Å². The third-order valence-electron chi connectivity index (χ3n) is 2.70. The molecule has 1 aromatic heterocycles. The summed E-state index contributed by atoms with van der Waals surface area (Å²) >= 11 is 0. The molecule has 5 heteroatoms. The number of hydrogen-bond donors (Lipinski definition) is 1. The standard InChI is InChI=1S/C14H17N3O2/c1-2-19-14(18)12(15)8-17-9-13(16-10-17)11-6-4-3-5-7-11/h3-7,9-10,12H,2,8,15H2,1H3. The molecule has 19 heavy (non-hydrogen) atoms. The van der Waals surface area contributed by atoms with E-state index in [9.17, 15) is 4.79 Å². The van der Waals surface area contributed by atoms with Crippen LogP contribution in [0.1, 0.15) is 6.92 Å². The van der Waals surface area contributed by atoms with E-state index in [1.165, 1.54) is 0 Å². The van der Waals surface area contributed by atoms with Gasteiger partial charge in [-0.05, 0) is 6.92 Å². The minimum atomic E-state index is -0.669. The van der Waals surface area contributed by atoms with Crippen molar-refractivity contribution in [2.45, 2.75) is 19.5 Å². The predicted molar refractivity (Wildman–Crippen MR) is 72.3 cm³/mol. The number of imidazole rings is 1. The number of hydrogen-bond acceptors (Lipinski definition) is 4. The zero-order valence-corrected chi connectivity index (χ0v) is 10.8. The first kappa shape index (κ1) is 13.3. The molecule has 2 N–H and O–H groups in total. The lowest BCUT2D eigenvalue weighted by molar-refractivity contribution is -0.145. The average Bonchev–Trinajstić information content (AvgIpc) is 2.88. The normalized spacial score (nSPS) is 12.1. The van der Waals surface area contributed by atoms with Crippen LogP contribution < -0.4 is 5.73 Å². The van der Waals surface area contributed by atoms with Gasteiger partial charge in [0.05, 0.1) is 18.6 Å². The molecule has 1 heterocycles. The second-order valence-electron chi connectivity index (χ2n) is 4.18. The lowest BCUT2D eigenvalue weighted by Gasteiger charge is -2.10. The number of nitrogens with zero attached hydrogens (tertiary/aromatic N) is 2. The van der Waals surface area contributed by atoms with E-state index in [0.717, 1.165) is 11.3 Å². The van der Waals surface area contributed by atoms with Gasteiger partial charge in [-0.25, -0.2) is 4.98 Å². The highest BCUT2D eigenvalue weighted by atomic mass is 16.5. The smallest absolute Gasteiger partial charge is 0.324 e. The van der Waals surface area contributed by atoms with Crippen molar-refractivity contribution in [3.63, 3.8) is 0 Å². The lowest BCUT2D eigenvalue weighted by Crippen LogP contribution is -2.36. The molecule has 0 amide bonds. The minimum absolute atomic E-state index is 0.339. The Kier molecular flexibility index (Phi) is 4.30. The topological polar surface area (TPSA) is 70.1 Å². The van der Waals surface area contributed by atoms with Crippen LogP contribution in [0.3, 0.4) is 0 Å². The van der Waals surface area contributed by atoms with Crippen molar-refractivity contribution in [2.75, 3.05) is 6.61 Å². The molecule has 0 bridgehead atoms. The van der Waals surface area contributed by atoms with E-state index < -0.39 is 12.0 Å². The number of benzene rings is 1. The second-order valence-corrected chi connectivity index (χ2v) is 4.18. The molecule has 1 atom stereocenters. The second kappa shape index (κ2) is 6.15. The Labute approximate surface area is 112 Å². The first-order valence-electron chi connectivity index (χ1n) is 6.20. The molecule has 0 aliphatic carbocycles. The van der Waals surface area contributed by atoms with Crippen LogP contribution >= 0.6 is 0 Å². The van der Waals surface area contributed by atoms with E-state index in [0.29, 0.717) is 13.2 Å². The Balaban J connectivity index is 2.04. The summed E-state index contributed by atoms with van der Waals surface area (Å²) in [4.78, 5) is 15.7. The molecule has 0 saturated heterocycles. The zero-order chi connectivity index (χ0) is 13.7. The van der Waals surface area contributed by atoms with Gasteiger partial charge in [0.25, 0.3) is 0 Å². The molecular weight excluding hydrogens is 242 g/mol. The Bertz CT molecular complexity index is 537. The van der Waals surface area contributed by atoms with Crippen LogP contribution in [0.4, 0.5) is 0 Å². The molecule has 0 fully saturated rings. The van der Waals surface area contributed by atoms with Crippen molar-refractivity contribution in [1.29, 1.82) is 0 Å².